The lowest BCUT2D eigenvalue weighted by Gasteiger charge is -2.34. The van der Waals surface area contributed by atoms with Gasteiger partial charge >= 0.3 is 6.18 Å². The van der Waals surface area contributed by atoms with Crippen LogP contribution >= 0.6 is 0 Å². The summed E-state index contributed by atoms with van der Waals surface area (Å²) in [4.78, 5) is 33.1. The molecule has 1 aromatic heterocycles. The first kappa shape index (κ1) is 19.8. The van der Waals surface area contributed by atoms with Crippen LogP contribution in [0.5, 0.6) is 0 Å². The molecule has 2 aromatic rings. The molecule has 154 valence electrons. The molecular weight excluding hydrogens is 404 g/mol. The molecule has 0 saturated heterocycles. The number of hydrogen-bond donors (Lipinski definition) is 1. The van der Waals surface area contributed by atoms with Crippen molar-refractivity contribution < 1.29 is 27.2 Å². The molecule has 6 nitrogen and oxygen atoms in total. The number of anilines is 1. The highest BCUT2D eigenvalue weighted by atomic mass is 19.4. The van der Waals surface area contributed by atoms with Crippen molar-refractivity contribution in [3.05, 3.63) is 64.4 Å². The number of aromatic nitrogens is 1. The smallest absolute Gasteiger partial charge is 0.328 e. The van der Waals surface area contributed by atoms with Crippen LogP contribution in [0.2, 0.25) is 0 Å². The Bertz CT molecular complexity index is 1100. The molecule has 0 bridgehead atoms. The molecule has 30 heavy (non-hydrogen) atoms. The van der Waals surface area contributed by atoms with Gasteiger partial charge < -0.3 is 10.2 Å². The minimum Gasteiger partial charge on any atom is -0.328 e. The molecule has 1 spiro atoms. The molecule has 1 fully saturated rings. The summed E-state index contributed by atoms with van der Waals surface area (Å²) < 4.78 is 53.1. The van der Waals surface area contributed by atoms with Gasteiger partial charge in [-0.1, -0.05) is 0 Å². The molecule has 2 aliphatic rings. The summed E-state index contributed by atoms with van der Waals surface area (Å²) in [5.41, 5.74) is -0.921. The quantitative estimate of drug-likeness (QED) is 0.607. The van der Waals surface area contributed by atoms with Gasteiger partial charge in [0, 0.05) is 23.7 Å². The van der Waals surface area contributed by atoms with Gasteiger partial charge in [-0.25, -0.2) is 14.2 Å². The van der Waals surface area contributed by atoms with Gasteiger partial charge in [0.05, 0.1) is 12.1 Å². The second-order valence-corrected chi connectivity index (χ2v) is 7.38. The SMILES string of the molecule is [C-]#[N+]c1cnc(NC(=O)CN2CC3(CC3)c3cc(C(F)(F)F)ccc3C2=O)c(F)c1. The standard InChI is InChI=1S/C20H14F4N4O2/c1-25-12-7-15(21)17(26-8-12)27-16(29)9-28-10-19(4-5-19)14-6-11(20(22,23)24)2-3-13(14)18(28)30/h2-3,6-8H,4-5,9-10H2,(H,26,27,29). The number of pyridine rings is 1. The highest BCUT2D eigenvalue weighted by Crippen LogP contribution is 2.53. The normalized spacial score (nSPS) is 16.8. The van der Waals surface area contributed by atoms with Gasteiger partial charge in [0.15, 0.2) is 11.6 Å². The van der Waals surface area contributed by atoms with Gasteiger partial charge in [0.1, 0.15) is 6.54 Å². The van der Waals surface area contributed by atoms with Crippen molar-refractivity contribution in [3.63, 3.8) is 0 Å². The van der Waals surface area contributed by atoms with Gasteiger partial charge in [0.2, 0.25) is 11.6 Å². The number of benzene rings is 1. The van der Waals surface area contributed by atoms with Crippen molar-refractivity contribution in [1.29, 1.82) is 0 Å². The molecule has 0 unspecified atom stereocenters. The molecule has 2 heterocycles. The van der Waals surface area contributed by atoms with E-state index in [-0.39, 0.29) is 23.6 Å². The Kier molecular flexibility index (Phi) is 4.49. The maximum atomic E-state index is 13.9. The number of nitrogens with zero attached hydrogens (tertiary/aromatic N) is 3. The van der Waals surface area contributed by atoms with Crippen molar-refractivity contribution in [1.82, 2.24) is 9.88 Å². The van der Waals surface area contributed by atoms with E-state index in [1.165, 1.54) is 4.90 Å². The van der Waals surface area contributed by atoms with Crippen molar-refractivity contribution in [2.45, 2.75) is 24.4 Å². The molecule has 2 amide bonds. The third kappa shape index (κ3) is 3.47. The summed E-state index contributed by atoms with van der Waals surface area (Å²) in [6.45, 7) is 6.53. The number of halogens is 4. The molecule has 1 aromatic carbocycles. The van der Waals surface area contributed by atoms with E-state index >= 15 is 0 Å². The van der Waals surface area contributed by atoms with Crippen LogP contribution in [-0.2, 0) is 16.4 Å². The first-order valence-corrected chi connectivity index (χ1v) is 8.97. The van der Waals surface area contributed by atoms with E-state index in [2.05, 4.69) is 15.1 Å². The van der Waals surface area contributed by atoms with Crippen molar-refractivity contribution in [2.24, 2.45) is 0 Å². The van der Waals surface area contributed by atoms with Crippen LogP contribution in [-0.4, -0.2) is 34.8 Å². The van der Waals surface area contributed by atoms with Crippen molar-refractivity contribution >= 4 is 23.3 Å². The van der Waals surface area contributed by atoms with Crippen molar-refractivity contribution in [3.8, 4) is 0 Å². The second-order valence-electron chi connectivity index (χ2n) is 7.38. The van der Waals surface area contributed by atoms with Crippen molar-refractivity contribution in [2.75, 3.05) is 18.4 Å². The number of alkyl halides is 3. The lowest BCUT2D eigenvalue weighted by molar-refractivity contribution is -0.137. The van der Waals surface area contributed by atoms with Crippen LogP contribution in [0.3, 0.4) is 0 Å². The zero-order valence-corrected chi connectivity index (χ0v) is 15.4. The Morgan fingerprint density at radius 2 is 2.03 bits per heavy atom. The van der Waals surface area contributed by atoms with Gasteiger partial charge in [-0.15, -0.1) is 0 Å². The molecule has 0 radical (unpaired) electrons. The summed E-state index contributed by atoms with van der Waals surface area (Å²) in [5, 5.41) is 2.26. The van der Waals surface area contributed by atoms with E-state index in [1.807, 2.05) is 0 Å². The van der Waals surface area contributed by atoms with Gasteiger partial charge in [0.25, 0.3) is 5.91 Å². The molecule has 4 rings (SSSR count). The molecule has 1 N–H and O–H groups in total. The monoisotopic (exact) mass is 418 g/mol. The minimum absolute atomic E-state index is 0.0257. The van der Waals surface area contributed by atoms with Gasteiger partial charge in [-0.3, -0.25) is 9.59 Å². The van der Waals surface area contributed by atoms with E-state index in [4.69, 9.17) is 6.57 Å². The summed E-state index contributed by atoms with van der Waals surface area (Å²) in [6, 6.07) is 3.95. The van der Waals surface area contributed by atoms with Crippen LogP contribution in [0.1, 0.15) is 34.3 Å². The number of carbonyl (C=O) groups is 2. The molecule has 1 aliphatic heterocycles. The molecular formula is C20H14F4N4O2. The number of hydrogen-bond acceptors (Lipinski definition) is 3. The fraction of sp³-hybridized carbons (Fsp3) is 0.300. The number of carbonyl (C=O) groups excluding carboxylic acids is 2. The lowest BCUT2D eigenvalue weighted by Crippen LogP contribution is -2.47. The Morgan fingerprint density at radius 1 is 1.30 bits per heavy atom. The van der Waals surface area contributed by atoms with Crippen LogP contribution in [0.25, 0.3) is 4.85 Å². The highest BCUT2D eigenvalue weighted by molar-refractivity contribution is 6.01. The maximum absolute atomic E-state index is 13.9. The largest absolute Gasteiger partial charge is 0.416 e. The lowest BCUT2D eigenvalue weighted by atomic mass is 9.85. The maximum Gasteiger partial charge on any atom is 0.416 e. The Morgan fingerprint density at radius 3 is 2.63 bits per heavy atom. The summed E-state index contributed by atoms with van der Waals surface area (Å²) >= 11 is 0. The zero-order valence-electron chi connectivity index (χ0n) is 15.4. The summed E-state index contributed by atoms with van der Waals surface area (Å²) in [7, 11) is 0. The van der Waals surface area contributed by atoms with Crippen LogP contribution in [0, 0.1) is 12.4 Å². The number of rotatable bonds is 3. The summed E-state index contributed by atoms with van der Waals surface area (Å²) in [6.07, 6.45) is -2.18. The highest BCUT2D eigenvalue weighted by Gasteiger charge is 2.52. The van der Waals surface area contributed by atoms with Crippen LogP contribution in [0.15, 0.2) is 30.5 Å². The number of nitrogens with one attached hydrogen (secondary N) is 1. The molecule has 10 heteroatoms. The first-order chi connectivity index (χ1) is 14.1. The minimum atomic E-state index is -4.51. The molecule has 1 saturated carbocycles. The van der Waals surface area contributed by atoms with E-state index in [0.717, 1.165) is 30.5 Å². The van der Waals surface area contributed by atoms with Gasteiger partial charge in [-0.2, -0.15) is 13.2 Å². The predicted molar refractivity (Wildman–Crippen MR) is 97.3 cm³/mol. The second kappa shape index (κ2) is 6.79. The Balaban J connectivity index is 1.54. The molecule has 0 atom stereocenters. The number of fused-ring (bicyclic) bond motifs is 2. The van der Waals surface area contributed by atoms with E-state index in [1.54, 1.807) is 0 Å². The topological polar surface area (TPSA) is 66.7 Å². The fourth-order valence-electron chi connectivity index (χ4n) is 3.67. The van der Waals surface area contributed by atoms with Crippen LogP contribution < -0.4 is 5.32 Å². The Labute approximate surface area is 168 Å². The van der Waals surface area contributed by atoms with Crippen LogP contribution in [0.4, 0.5) is 29.1 Å². The number of amides is 2. The summed E-state index contributed by atoms with van der Waals surface area (Å²) in [5.74, 6) is -2.50. The zero-order chi connectivity index (χ0) is 21.7. The predicted octanol–water partition coefficient (Wildman–Crippen LogP) is 3.92. The Hall–Kier alpha value is -3.48. The first-order valence-electron chi connectivity index (χ1n) is 8.97. The van der Waals surface area contributed by atoms with E-state index in [9.17, 15) is 27.2 Å². The van der Waals surface area contributed by atoms with E-state index < -0.39 is 41.3 Å². The van der Waals surface area contributed by atoms with Gasteiger partial charge in [-0.05, 0) is 42.7 Å². The fourth-order valence-corrected chi connectivity index (χ4v) is 3.67. The van der Waals surface area contributed by atoms with E-state index in [0.29, 0.717) is 18.4 Å². The third-order valence-electron chi connectivity index (χ3n) is 5.33. The average Bonchev–Trinajstić information content (AvgIpc) is 3.46. The average molecular weight is 418 g/mol. The third-order valence-corrected chi connectivity index (χ3v) is 5.33. The molecule has 1 aliphatic carbocycles.